The summed E-state index contributed by atoms with van der Waals surface area (Å²) in [4.78, 5) is 25.1. The molecule has 2 rings (SSSR count). The summed E-state index contributed by atoms with van der Waals surface area (Å²) in [5.41, 5.74) is 0.0748. The van der Waals surface area contributed by atoms with E-state index in [1.165, 1.54) is 0 Å². The normalized spacial score (nSPS) is 16.4. The van der Waals surface area contributed by atoms with Gasteiger partial charge in [-0.3, -0.25) is 9.59 Å². The Balaban J connectivity index is 2.11. The van der Waals surface area contributed by atoms with Crippen LogP contribution in [-0.2, 0) is 16.0 Å². The van der Waals surface area contributed by atoms with Gasteiger partial charge in [0.15, 0.2) is 5.78 Å². The van der Waals surface area contributed by atoms with Crippen molar-refractivity contribution in [2.45, 2.75) is 46.5 Å². The number of para-hydroxylation sites is 1. The molecule has 0 radical (unpaired) electrons. The van der Waals surface area contributed by atoms with E-state index in [1.807, 2.05) is 45.0 Å². The predicted molar refractivity (Wildman–Crippen MR) is 82.5 cm³/mol. The number of carbonyl (C=O) groups excluding carboxylic acids is 2. The Kier molecular flexibility index (Phi) is 4.22. The summed E-state index contributed by atoms with van der Waals surface area (Å²) in [6, 6.07) is 7.51. The lowest BCUT2D eigenvalue weighted by Gasteiger charge is -2.21. The molecule has 1 aliphatic carbocycles. The Hall–Kier alpha value is -1.64. The SMILES string of the molecule is COc1ccccc1CC(=O)C1(C(=O)CC(C)(C)C)CC1. The van der Waals surface area contributed by atoms with Crippen molar-refractivity contribution in [3.8, 4) is 5.75 Å². The molecule has 3 nitrogen and oxygen atoms in total. The van der Waals surface area contributed by atoms with Gasteiger partial charge in [-0.2, -0.15) is 0 Å². The molecule has 1 fully saturated rings. The highest BCUT2D eigenvalue weighted by Crippen LogP contribution is 2.50. The molecule has 0 spiro atoms. The fourth-order valence-electron chi connectivity index (χ4n) is 2.68. The third-order valence-electron chi connectivity index (χ3n) is 4.05. The molecule has 0 amide bonds. The van der Waals surface area contributed by atoms with E-state index in [4.69, 9.17) is 4.74 Å². The van der Waals surface area contributed by atoms with Crippen molar-refractivity contribution in [1.29, 1.82) is 0 Å². The Morgan fingerprint density at radius 2 is 1.76 bits per heavy atom. The maximum Gasteiger partial charge on any atom is 0.150 e. The number of carbonyl (C=O) groups is 2. The molecule has 1 aliphatic rings. The van der Waals surface area contributed by atoms with Crippen LogP contribution in [0.3, 0.4) is 0 Å². The maximum atomic E-state index is 12.6. The topological polar surface area (TPSA) is 43.4 Å². The standard InChI is InChI=1S/C18H24O3/c1-17(2,3)12-16(20)18(9-10-18)15(19)11-13-7-5-6-8-14(13)21-4/h5-8H,9-12H2,1-4H3. The first-order chi connectivity index (χ1) is 9.78. The van der Waals surface area contributed by atoms with Crippen molar-refractivity contribution < 1.29 is 14.3 Å². The van der Waals surface area contributed by atoms with E-state index in [1.54, 1.807) is 7.11 Å². The van der Waals surface area contributed by atoms with Crippen LogP contribution in [0.2, 0.25) is 0 Å². The highest BCUT2D eigenvalue weighted by molar-refractivity contribution is 6.10. The minimum atomic E-state index is -0.714. The number of ether oxygens (including phenoxy) is 1. The van der Waals surface area contributed by atoms with E-state index in [0.717, 1.165) is 5.56 Å². The summed E-state index contributed by atoms with van der Waals surface area (Å²) in [6.45, 7) is 6.10. The van der Waals surface area contributed by atoms with Crippen LogP contribution in [-0.4, -0.2) is 18.7 Å². The average Bonchev–Trinajstić information content (AvgIpc) is 3.18. The fraction of sp³-hybridized carbons (Fsp3) is 0.556. The highest BCUT2D eigenvalue weighted by atomic mass is 16.5. The van der Waals surface area contributed by atoms with Crippen molar-refractivity contribution in [3.63, 3.8) is 0 Å². The molecular formula is C18H24O3. The summed E-state index contributed by atoms with van der Waals surface area (Å²) in [5, 5.41) is 0. The summed E-state index contributed by atoms with van der Waals surface area (Å²) in [6.07, 6.45) is 2.15. The molecule has 1 saturated carbocycles. The molecule has 114 valence electrons. The van der Waals surface area contributed by atoms with Gasteiger partial charge in [0.2, 0.25) is 0 Å². The smallest absolute Gasteiger partial charge is 0.150 e. The number of methoxy groups -OCH3 is 1. The molecular weight excluding hydrogens is 264 g/mol. The van der Waals surface area contributed by atoms with Crippen LogP contribution in [0.15, 0.2) is 24.3 Å². The summed E-state index contributed by atoms with van der Waals surface area (Å²) in [7, 11) is 1.60. The Morgan fingerprint density at radius 1 is 1.14 bits per heavy atom. The lowest BCUT2D eigenvalue weighted by Crippen LogP contribution is -2.30. The van der Waals surface area contributed by atoms with Crippen LogP contribution in [0.5, 0.6) is 5.75 Å². The van der Waals surface area contributed by atoms with Gasteiger partial charge in [0.25, 0.3) is 0 Å². The number of rotatable bonds is 6. The van der Waals surface area contributed by atoms with Gasteiger partial charge in [-0.25, -0.2) is 0 Å². The van der Waals surface area contributed by atoms with Gasteiger partial charge in [0.05, 0.1) is 12.5 Å². The van der Waals surface area contributed by atoms with Gasteiger partial charge in [-0.1, -0.05) is 39.0 Å². The zero-order chi connectivity index (χ0) is 15.7. The summed E-state index contributed by atoms with van der Waals surface area (Å²) in [5.74, 6) is 0.862. The van der Waals surface area contributed by atoms with E-state index in [9.17, 15) is 9.59 Å². The number of Topliss-reactive ketones (excluding diaryl/α,β-unsaturated/α-hetero) is 2. The largest absolute Gasteiger partial charge is 0.496 e. The quantitative estimate of drug-likeness (QED) is 0.751. The third kappa shape index (κ3) is 3.52. The van der Waals surface area contributed by atoms with Crippen LogP contribution in [0.25, 0.3) is 0 Å². The highest BCUT2D eigenvalue weighted by Gasteiger charge is 2.55. The maximum absolute atomic E-state index is 12.6. The molecule has 0 bridgehead atoms. The van der Waals surface area contributed by atoms with Gasteiger partial charge in [-0.15, -0.1) is 0 Å². The Labute approximate surface area is 126 Å². The Morgan fingerprint density at radius 3 is 2.29 bits per heavy atom. The second kappa shape index (κ2) is 5.63. The van der Waals surface area contributed by atoms with E-state index < -0.39 is 5.41 Å². The number of hydrogen-bond acceptors (Lipinski definition) is 3. The van der Waals surface area contributed by atoms with Crippen LogP contribution >= 0.6 is 0 Å². The van der Waals surface area contributed by atoms with Crippen molar-refractivity contribution in [1.82, 2.24) is 0 Å². The second-order valence-corrected chi connectivity index (χ2v) is 7.15. The van der Waals surface area contributed by atoms with Crippen LogP contribution < -0.4 is 4.74 Å². The third-order valence-corrected chi connectivity index (χ3v) is 4.05. The Bertz CT molecular complexity index is 548. The lowest BCUT2D eigenvalue weighted by molar-refractivity contribution is -0.135. The summed E-state index contributed by atoms with van der Waals surface area (Å²) >= 11 is 0. The molecule has 0 unspecified atom stereocenters. The molecule has 0 aliphatic heterocycles. The molecule has 1 aromatic carbocycles. The molecule has 0 aromatic heterocycles. The van der Waals surface area contributed by atoms with E-state index in [2.05, 4.69) is 0 Å². The van der Waals surface area contributed by atoms with Gasteiger partial charge < -0.3 is 4.74 Å². The first-order valence-electron chi connectivity index (χ1n) is 7.47. The van der Waals surface area contributed by atoms with E-state index in [-0.39, 0.29) is 23.4 Å². The fourth-order valence-corrected chi connectivity index (χ4v) is 2.68. The van der Waals surface area contributed by atoms with E-state index in [0.29, 0.717) is 25.0 Å². The molecule has 1 aromatic rings. The molecule has 0 N–H and O–H groups in total. The zero-order valence-corrected chi connectivity index (χ0v) is 13.4. The van der Waals surface area contributed by atoms with Gasteiger partial charge in [0.1, 0.15) is 11.5 Å². The van der Waals surface area contributed by atoms with Crippen LogP contribution in [0, 0.1) is 10.8 Å². The zero-order valence-electron chi connectivity index (χ0n) is 13.4. The number of benzene rings is 1. The van der Waals surface area contributed by atoms with Gasteiger partial charge in [0, 0.05) is 18.4 Å². The van der Waals surface area contributed by atoms with Crippen LogP contribution in [0.4, 0.5) is 0 Å². The molecule has 0 atom stereocenters. The molecule has 21 heavy (non-hydrogen) atoms. The average molecular weight is 288 g/mol. The first-order valence-corrected chi connectivity index (χ1v) is 7.47. The molecule has 0 saturated heterocycles. The molecule has 0 heterocycles. The van der Waals surface area contributed by atoms with Crippen molar-refractivity contribution in [3.05, 3.63) is 29.8 Å². The first kappa shape index (κ1) is 15.7. The van der Waals surface area contributed by atoms with Gasteiger partial charge in [-0.05, 0) is 24.3 Å². The monoisotopic (exact) mass is 288 g/mol. The van der Waals surface area contributed by atoms with Crippen molar-refractivity contribution in [2.24, 2.45) is 10.8 Å². The lowest BCUT2D eigenvalue weighted by atomic mass is 9.81. The van der Waals surface area contributed by atoms with Crippen molar-refractivity contribution in [2.75, 3.05) is 7.11 Å². The van der Waals surface area contributed by atoms with Crippen LogP contribution in [0.1, 0.15) is 45.6 Å². The minimum absolute atomic E-state index is 0.0428. The van der Waals surface area contributed by atoms with E-state index >= 15 is 0 Å². The second-order valence-electron chi connectivity index (χ2n) is 7.15. The van der Waals surface area contributed by atoms with Crippen molar-refractivity contribution >= 4 is 11.6 Å². The minimum Gasteiger partial charge on any atom is -0.496 e. The number of hydrogen-bond donors (Lipinski definition) is 0. The molecule has 3 heteroatoms. The predicted octanol–water partition coefficient (Wildman–Crippen LogP) is 3.59. The summed E-state index contributed by atoms with van der Waals surface area (Å²) < 4.78 is 5.28. The van der Waals surface area contributed by atoms with Gasteiger partial charge >= 0.3 is 0 Å². The number of ketones is 2.